The molecule has 0 aliphatic carbocycles. The van der Waals surface area contributed by atoms with E-state index in [9.17, 15) is 0 Å². The zero-order valence-electron chi connectivity index (χ0n) is 8.16. The summed E-state index contributed by atoms with van der Waals surface area (Å²) < 4.78 is 5.22. The molecule has 0 bridgehead atoms. The summed E-state index contributed by atoms with van der Waals surface area (Å²) in [5.74, 6) is 0. The Labute approximate surface area is 78.9 Å². The molecule has 1 aromatic rings. The summed E-state index contributed by atoms with van der Waals surface area (Å²) >= 11 is 0. The molecule has 2 N–H and O–H groups in total. The molecule has 0 saturated carbocycles. The number of hydrogen-bond donors (Lipinski definition) is 1. The lowest BCUT2D eigenvalue weighted by Crippen LogP contribution is -2.18. The lowest BCUT2D eigenvalue weighted by atomic mass is 10.2. The Bertz CT molecular complexity index is 263. The smallest absolute Gasteiger partial charge is 0.0707 e. The highest BCUT2D eigenvalue weighted by Gasteiger charge is 2.06. The van der Waals surface area contributed by atoms with Gasteiger partial charge in [0.05, 0.1) is 18.3 Å². The largest absolute Gasteiger partial charge is 0.380 e. The highest BCUT2D eigenvalue weighted by atomic mass is 16.5. The van der Waals surface area contributed by atoms with Crippen LogP contribution in [0.15, 0.2) is 18.2 Å². The second-order valence-corrected chi connectivity index (χ2v) is 2.97. The third-order valence-electron chi connectivity index (χ3n) is 1.79. The van der Waals surface area contributed by atoms with Gasteiger partial charge in [-0.05, 0) is 26.0 Å². The maximum atomic E-state index is 5.86. The van der Waals surface area contributed by atoms with Crippen molar-refractivity contribution in [2.45, 2.75) is 19.9 Å². The minimum atomic E-state index is -0.111. The molecule has 1 aromatic heterocycles. The second-order valence-electron chi connectivity index (χ2n) is 2.97. The van der Waals surface area contributed by atoms with Crippen molar-refractivity contribution >= 4 is 0 Å². The highest BCUT2D eigenvalue weighted by molar-refractivity contribution is 5.12. The van der Waals surface area contributed by atoms with Crippen molar-refractivity contribution in [3.05, 3.63) is 29.6 Å². The van der Waals surface area contributed by atoms with Crippen LogP contribution in [0.2, 0.25) is 0 Å². The Morgan fingerprint density at radius 3 is 2.92 bits per heavy atom. The molecule has 0 radical (unpaired) electrons. The first-order chi connectivity index (χ1) is 6.24. The summed E-state index contributed by atoms with van der Waals surface area (Å²) in [4.78, 5) is 4.32. The molecular formula is C10H16N2O. The molecule has 3 heteroatoms. The summed E-state index contributed by atoms with van der Waals surface area (Å²) in [7, 11) is 0. The van der Waals surface area contributed by atoms with Crippen LogP contribution in [0.4, 0.5) is 0 Å². The number of nitrogens with zero attached hydrogens (tertiary/aromatic N) is 1. The first kappa shape index (κ1) is 10.2. The van der Waals surface area contributed by atoms with E-state index in [1.54, 1.807) is 0 Å². The standard InChI is InChI=1S/C10H16N2O/c1-3-13-7-9(11)10-6-4-5-8(2)12-10/h4-6,9H,3,7,11H2,1-2H3. The molecule has 0 aliphatic rings. The summed E-state index contributed by atoms with van der Waals surface area (Å²) in [6, 6.07) is 5.73. The van der Waals surface area contributed by atoms with E-state index >= 15 is 0 Å². The Morgan fingerprint density at radius 2 is 2.31 bits per heavy atom. The number of rotatable bonds is 4. The predicted molar refractivity (Wildman–Crippen MR) is 52.4 cm³/mol. The molecule has 1 unspecified atom stereocenters. The van der Waals surface area contributed by atoms with Gasteiger partial charge in [-0.2, -0.15) is 0 Å². The van der Waals surface area contributed by atoms with Gasteiger partial charge in [0.15, 0.2) is 0 Å². The van der Waals surface area contributed by atoms with Crippen molar-refractivity contribution in [3.8, 4) is 0 Å². The maximum absolute atomic E-state index is 5.86. The molecule has 0 amide bonds. The van der Waals surface area contributed by atoms with E-state index < -0.39 is 0 Å². The molecule has 1 rings (SSSR count). The van der Waals surface area contributed by atoms with Gasteiger partial charge in [-0.15, -0.1) is 0 Å². The van der Waals surface area contributed by atoms with Crippen molar-refractivity contribution in [1.82, 2.24) is 4.98 Å². The van der Waals surface area contributed by atoms with Crippen LogP contribution in [-0.4, -0.2) is 18.2 Å². The van der Waals surface area contributed by atoms with Crippen LogP contribution in [0, 0.1) is 6.92 Å². The molecule has 1 atom stereocenters. The molecule has 0 saturated heterocycles. The topological polar surface area (TPSA) is 48.1 Å². The normalized spacial score (nSPS) is 12.8. The fourth-order valence-corrected chi connectivity index (χ4v) is 1.10. The van der Waals surface area contributed by atoms with E-state index in [4.69, 9.17) is 10.5 Å². The molecule has 72 valence electrons. The first-order valence-corrected chi connectivity index (χ1v) is 4.51. The van der Waals surface area contributed by atoms with Crippen LogP contribution in [0.3, 0.4) is 0 Å². The van der Waals surface area contributed by atoms with Crippen molar-refractivity contribution in [2.75, 3.05) is 13.2 Å². The van der Waals surface area contributed by atoms with E-state index in [1.165, 1.54) is 0 Å². The average molecular weight is 180 g/mol. The first-order valence-electron chi connectivity index (χ1n) is 4.51. The zero-order valence-corrected chi connectivity index (χ0v) is 8.16. The van der Waals surface area contributed by atoms with Gasteiger partial charge in [-0.25, -0.2) is 0 Å². The van der Waals surface area contributed by atoms with Crippen molar-refractivity contribution in [2.24, 2.45) is 5.73 Å². The van der Waals surface area contributed by atoms with Crippen LogP contribution < -0.4 is 5.73 Å². The SMILES string of the molecule is CCOCC(N)c1cccc(C)n1. The van der Waals surface area contributed by atoms with Gasteiger partial charge in [0.25, 0.3) is 0 Å². The fraction of sp³-hybridized carbons (Fsp3) is 0.500. The Morgan fingerprint density at radius 1 is 1.54 bits per heavy atom. The fourth-order valence-electron chi connectivity index (χ4n) is 1.10. The van der Waals surface area contributed by atoms with Crippen LogP contribution in [0.1, 0.15) is 24.4 Å². The summed E-state index contributed by atoms with van der Waals surface area (Å²) in [5, 5.41) is 0. The number of aryl methyl sites for hydroxylation is 1. The van der Waals surface area contributed by atoms with Crippen LogP contribution in [0.25, 0.3) is 0 Å². The van der Waals surface area contributed by atoms with Crippen LogP contribution in [0.5, 0.6) is 0 Å². The van der Waals surface area contributed by atoms with Crippen molar-refractivity contribution in [1.29, 1.82) is 0 Å². The second kappa shape index (κ2) is 4.94. The van der Waals surface area contributed by atoms with Gasteiger partial charge < -0.3 is 10.5 Å². The highest BCUT2D eigenvalue weighted by Crippen LogP contribution is 2.07. The van der Waals surface area contributed by atoms with E-state index in [0.717, 1.165) is 11.4 Å². The predicted octanol–water partition coefficient (Wildman–Crippen LogP) is 1.43. The minimum Gasteiger partial charge on any atom is -0.380 e. The molecule has 0 spiro atoms. The molecule has 0 aromatic carbocycles. The summed E-state index contributed by atoms with van der Waals surface area (Å²) in [6.45, 7) is 5.14. The van der Waals surface area contributed by atoms with E-state index in [-0.39, 0.29) is 6.04 Å². The molecule has 13 heavy (non-hydrogen) atoms. The van der Waals surface area contributed by atoms with Crippen molar-refractivity contribution in [3.63, 3.8) is 0 Å². The maximum Gasteiger partial charge on any atom is 0.0707 e. The number of hydrogen-bond acceptors (Lipinski definition) is 3. The molecule has 0 fully saturated rings. The Hall–Kier alpha value is -0.930. The van der Waals surface area contributed by atoms with Crippen molar-refractivity contribution < 1.29 is 4.74 Å². The van der Waals surface area contributed by atoms with Gasteiger partial charge >= 0.3 is 0 Å². The minimum absolute atomic E-state index is 0.111. The molecule has 1 heterocycles. The summed E-state index contributed by atoms with van der Waals surface area (Å²) in [6.07, 6.45) is 0. The monoisotopic (exact) mass is 180 g/mol. The van der Waals surface area contributed by atoms with E-state index in [0.29, 0.717) is 13.2 Å². The van der Waals surface area contributed by atoms with E-state index in [2.05, 4.69) is 4.98 Å². The molecule has 3 nitrogen and oxygen atoms in total. The third kappa shape index (κ3) is 3.13. The third-order valence-corrected chi connectivity index (χ3v) is 1.79. The lowest BCUT2D eigenvalue weighted by Gasteiger charge is -2.10. The van der Waals surface area contributed by atoms with Gasteiger partial charge in [-0.3, -0.25) is 4.98 Å². The van der Waals surface area contributed by atoms with Gasteiger partial charge in [0.2, 0.25) is 0 Å². The number of aromatic nitrogens is 1. The quantitative estimate of drug-likeness (QED) is 0.762. The zero-order chi connectivity index (χ0) is 9.68. The Balaban J connectivity index is 2.60. The molecule has 0 aliphatic heterocycles. The van der Waals surface area contributed by atoms with Gasteiger partial charge in [0, 0.05) is 12.3 Å². The lowest BCUT2D eigenvalue weighted by molar-refractivity contribution is 0.132. The van der Waals surface area contributed by atoms with Gasteiger partial charge in [0.1, 0.15) is 0 Å². The number of ether oxygens (including phenoxy) is 1. The Kier molecular flexibility index (Phi) is 3.86. The summed E-state index contributed by atoms with van der Waals surface area (Å²) in [5.41, 5.74) is 7.75. The number of nitrogens with two attached hydrogens (primary N) is 1. The van der Waals surface area contributed by atoms with Gasteiger partial charge in [-0.1, -0.05) is 6.07 Å². The van der Waals surface area contributed by atoms with Crippen LogP contribution in [-0.2, 0) is 4.74 Å². The average Bonchev–Trinajstić information content (AvgIpc) is 2.14. The number of pyridine rings is 1. The van der Waals surface area contributed by atoms with E-state index in [1.807, 2.05) is 32.0 Å². The molecular weight excluding hydrogens is 164 g/mol. The van der Waals surface area contributed by atoms with Crippen LogP contribution >= 0.6 is 0 Å².